The van der Waals surface area contributed by atoms with Crippen LogP contribution in [0.4, 0.5) is 0 Å². The van der Waals surface area contributed by atoms with Gasteiger partial charge in [0.05, 0.1) is 21.8 Å². The van der Waals surface area contributed by atoms with E-state index in [0.29, 0.717) is 21.6 Å². The third-order valence-corrected chi connectivity index (χ3v) is 6.19. The molecule has 1 aliphatic rings. The molecule has 27 heavy (non-hydrogen) atoms. The van der Waals surface area contributed by atoms with Crippen molar-refractivity contribution in [3.05, 3.63) is 63.1 Å². The van der Waals surface area contributed by atoms with Crippen LogP contribution in [0.25, 0.3) is 0 Å². The quantitative estimate of drug-likeness (QED) is 0.644. The van der Waals surface area contributed by atoms with Gasteiger partial charge >= 0.3 is 0 Å². The molecule has 0 saturated heterocycles. The monoisotopic (exact) mass is 423 g/mol. The average Bonchev–Trinajstić information content (AvgIpc) is 2.58. The Morgan fingerprint density at radius 3 is 2.74 bits per heavy atom. The second-order valence-corrected chi connectivity index (χ2v) is 9.27. The Labute approximate surface area is 174 Å². The summed E-state index contributed by atoms with van der Waals surface area (Å²) >= 11 is 13.5. The molecule has 0 unspecified atom stereocenters. The maximum absolute atomic E-state index is 12.5. The summed E-state index contributed by atoms with van der Waals surface area (Å²) in [7, 11) is 0. The zero-order valence-corrected chi connectivity index (χ0v) is 18.0. The van der Waals surface area contributed by atoms with E-state index in [0.717, 1.165) is 28.9 Å². The number of carbonyl (C=O) groups is 1. The maximum atomic E-state index is 12.5. The molecule has 0 aliphatic carbocycles. The number of nitrogens with one attached hydrogen (secondary N) is 1. The first-order valence-corrected chi connectivity index (χ1v) is 10.8. The van der Waals surface area contributed by atoms with Gasteiger partial charge in [-0.15, -0.1) is 11.8 Å². The van der Waals surface area contributed by atoms with E-state index >= 15 is 0 Å². The average molecular weight is 424 g/mol. The van der Waals surface area contributed by atoms with E-state index in [-0.39, 0.29) is 17.6 Å². The SMILES string of the molecule is Cc1ccc2c(c1)[C@H](NC(=O)CSCc1ccc(Cl)c(Cl)c1)CC(C)(C)O2. The Balaban J connectivity index is 1.60. The van der Waals surface area contributed by atoms with E-state index in [9.17, 15) is 4.79 Å². The number of carbonyl (C=O) groups excluding carboxylic acids is 1. The van der Waals surface area contributed by atoms with Crippen molar-refractivity contribution in [3.63, 3.8) is 0 Å². The van der Waals surface area contributed by atoms with Crippen LogP contribution in [0.15, 0.2) is 36.4 Å². The van der Waals surface area contributed by atoms with Gasteiger partial charge in [-0.1, -0.05) is 47.0 Å². The second-order valence-electron chi connectivity index (χ2n) is 7.47. The predicted octanol–water partition coefficient (Wildman–Crippen LogP) is 5.95. The highest BCUT2D eigenvalue weighted by molar-refractivity contribution is 7.99. The van der Waals surface area contributed by atoms with E-state index in [4.69, 9.17) is 27.9 Å². The summed E-state index contributed by atoms with van der Waals surface area (Å²) in [5.41, 5.74) is 2.95. The molecular formula is C21H23Cl2NO2S. The van der Waals surface area contributed by atoms with Crippen LogP contribution >= 0.6 is 35.0 Å². The number of hydrogen-bond acceptors (Lipinski definition) is 3. The first-order chi connectivity index (χ1) is 12.7. The lowest BCUT2D eigenvalue weighted by Gasteiger charge is -2.38. The number of benzene rings is 2. The van der Waals surface area contributed by atoms with Gasteiger partial charge in [-0.2, -0.15) is 0 Å². The van der Waals surface area contributed by atoms with Gasteiger partial charge in [0.1, 0.15) is 11.4 Å². The minimum atomic E-state index is -0.312. The van der Waals surface area contributed by atoms with Crippen LogP contribution in [0.3, 0.4) is 0 Å². The first-order valence-electron chi connectivity index (χ1n) is 8.84. The van der Waals surface area contributed by atoms with Gasteiger partial charge < -0.3 is 10.1 Å². The van der Waals surface area contributed by atoms with Gasteiger partial charge in [-0.05, 0) is 44.5 Å². The fourth-order valence-corrected chi connectivity index (χ4v) is 4.34. The largest absolute Gasteiger partial charge is 0.487 e. The molecule has 0 radical (unpaired) electrons. The number of hydrogen-bond donors (Lipinski definition) is 1. The van der Waals surface area contributed by atoms with Crippen molar-refractivity contribution < 1.29 is 9.53 Å². The molecule has 0 aromatic heterocycles. The molecule has 1 aliphatic heterocycles. The zero-order chi connectivity index (χ0) is 19.6. The molecule has 2 aromatic carbocycles. The normalized spacial score (nSPS) is 17.7. The van der Waals surface area contributed by atoms with E-state index in [2.05, 4.69) is 11.4 Å². The number of aryl methyl sites for hydroxylation is 1. The highest BCUT2D eigenvalue weighted by atomic mass is 35.5. The Bertz CT molecular complexity index is 854. The molecule has 1 heterocycles. The third-order valence-electron chi connectivity index (χ3n) is 4.44. The van der Waals surface area contributed by atoms with Crippen molar-refractivity contribution in [2.75, 3.05) is 5.75 Å². The van der Waals surface area contributed by atoms with Crippen molar-refractivity contribution >= 4 is 40.9 Å². The highest BCUT2D eigenvalue weighted by Crippen LogP contribution is 2.39. The lowest BCUT2D eigenvalue weighted by atomic mass is 9.89. The summed E-state index contributed by atoms with van der Waals surface area (Å²) in [6, 6.07) is 11.6. The van der Waals surface area contributed by atoms with Gasteiger partial charge in [0, 0.05) is 17.7 Å². The van der Waals surface area contributed by atoms with Gasteiger partial charge in [0.15, 0.2) is 0 Å². The molecule has 0 fully saturated rings. The maximum Gasteiger partial charge on any atom is 0.230 e. The molecule has 2 aromatic rings. The van der Waals surface area contributed by atoms with Crippen molar-refractivity contribution in [2.24, 2.45) is 0 Å². The lowest BCUT2D eigenvalue weighted by molar-refractivity contribution is -0.119. The number of ether oxygens (including phenoxy) is 1. The molecule has 1 atom stereocenters. The third kappa shape index (κ3) is 5.34. The molecule has 6 heteroatoms. The highest BCUT2D eigenvalue weighted by Gasteiger charge is 2.34. The smallest absolute Gasteiger partial charge is 0.230 e. The van der Waals surface area contributed by atoms with Gasteiger partial charge in [0.25, 0.3) is 0 Å². The van der Waals surface area contributed by atoms with Crippen LogP contribution < -0.4 is 10.1 Å². The Morgan fingerprint density at radius 1 is 1.22 bits per heavy atom. The van der Waals surface area contributed by atoms with E-state index in [1.165, 1.54) is 0 Å². The molecule has 3 rings (SSSR count). The molecule has 1 amide bonds. The number of rotatable bonds is 5. The Kier molecular flexibility index (Phi) is 6.29. The minimum Gasteiger partial charge on any atom is -0.487 e. The zero-order valence-electron chi connectivity index (χ0n) is 15.6. The molecule has 0 saturated carbocycles. The molecule has 3 nitrogen and oxygen atoms in total. The first kappa shape index (κ1) is 20.4. The van der Waals surface area contributed by atoms with Crippen LogP contribution in [0, 0.1) is 6.92 Å². The summed E-state index contributed by atoms with van der Waals surface area (Å²) in [5.74, 6) is 1.97. The molecule has 0 spiro atoms. The predicted molar refractivity (Wildman–Crippen MR) is 114 cm³/mol. The number of fused-ring (bicyclic) bond motifs is 1. The fraction of sp³-hybridized carbons (Fsp3) is 0.381. The standard InChI is InChI=1S/C21H23Cl2NO2S/c1-13-4-7-19-15(8-13)18(10-21(2,3)26-19)24-20(25)12-27-11-14-5-6-16(22)17(23)9-14/h4-9,18H,10-12H2,1-3H3,(H,24,25)/t18-/m1/s1. The fourth-order valence-electron chi connectivity index (χ4n) is 3.23. The van der Waals surface area contributed by atoms with Gasteiger partial charge in [-0.3, -0.25) is 4.79 Å². The lowest BCUT2D eigenvalue weighted by Crippen LogP contribution is -2.41. The summed E-state index contributed by atoms with van der Waals surface area (Å²) < 4.78 is 6.07. The van der Waals surface area contributed by atoms with Crippen LogP contribution in [-0.2, 0) is 10.5 Å². The van der Waals surface area contributed by atoms with E-state index < -0.39 is 0 Å². The van der Waals surface area contributed by atoms with Crippen molar-refractivity contribution in [1.29, 1.82) is 0 Å². The Morgan fingerprint density at radius 2 is 2.00 bits per heavy atom. The topological polar surface area (TPSA) is 38.3 Å². The molecular weight excluding hydrogens is 401 g/mol. The van der Waals surface area contributed by atoms with Gasteiger partial charge in [-0.25, -0.2) is 0 Å². The van der Waals surface area contributed by atoms with Crippen molar-refractivity contribution in [3.8, 4) is 5.75 Å². The number of amides is 1. The summed E-state index contributed by atoms with van der Waals surface area (Å²) in [5, 5.41) is 4.26. The number of halogens is 2. The second kappa shape index (κ2) is 8.34. The van der Waals surface area contributed by atoms with Crippen LogP contribution in [-0.4, -0.2) is 17.3 Å². The van der Waals surface area contributed by atoms with Crippen LogP contribution in [0.1, 0.15) is 43.0 Å². The molecule has 1 N–H and O–H groups in total. The molecule has 144 valence electrons. The molecule has 0 bridgehead atoms. The number of thioether (sulfide) groups is 1. The summed E-state index contributed by atoms with van der Waals surface area (Å²) in [4.78, 5) is 12.5. The van der Waals surface area contributed by atoms with Crippen molar-refractivity contribution in [1.82, 2.24) is 5.32 Å². The van der Waals surface area contributed by atoms with Crippen molar-refractivity contribution in [2.45, 2.75) is 44.6 Å². The van der Waals surface area contributed by atoms with E-state index in [1.807, 2.05) is 45.0 Å². The Hall–Kier alpha value is -1.36. The van der Waals surface area contributed by atoms with Crippen LogP contribution in [0.2, 0.25) is 10.0 Å². The summed E-state index contributed by atoms with van der Waals surface area (Å²) in [6.07, 6.45) is 0.743. The minimum absolute atomic E-state index is 0.0233. The van der Waals surface area contributed by atoms with E-state index in [1.54, 1.807) is 17.8 Å². The van der Waals surface area contributed by atoms with Gasteiger partial charge in [0.2, 0.25) is 5.91 Å². The van der Waals surface area contributed by atoms with Crippen LogP contribution in [0.5, 0.6) is 5.75 Å². The summed E-state index contributed by atoms with van der Waals surface area (Å²) in [6.45, 7) is 6.15.